The molecule has 0 aromatic carbocycles. The molecule has 5 saturated heterocycles. The summed E-state index contributed by atoms with van der Waals surface area (Å²) in [4.78, 5) is 0. The van der Waals surface area contributed by atoms with Gasteiger partial charge in [-0.1, -0.05) is 39.3 Å². The SMILES string of the molecule is C[C@@H]1CC[C@@]2(O[C@H]1O)O[C@H]1C[C@H]3[C@@H]4CC=C5CC(O[C@@H]6O[C@H](CO)[C@@H](O[C@@H]7O[C@H](CO)[C@@H](O)[C@H](O)[C@H]7O)[C@H](O)[C@H]6O[C@@H]6O[C@@H](C)[C@H](O)[C@@H](O)[C@H]6O)CC[C@]5(C)[C@H]4CC[C@]3(C)[C@H]1[C@@H]2C. The van der Waals surface area contributed by atoms with Crippen LogP contribution in [0, 0.1) is 46.3 Å². The number of aliphatic hydroxyl groups excluding tert-OH is 10. The summed E-state index contributed by atoms with van der Waals surface area (Å²) >= 11 is 0. The third kappa shape index (κ3) is 7.71. The van der Waals surface area contributed by atoms with Crippen molar-refractivity contribution in [3.8, 4) is 0 Å². The highest BCUT2D eigenvalue weighted by Crippen LogP contribution is 2.71. The minimum Gasteiger partial charge on any atom is -0.394 e. The Bertz CT molecular complexity index is 1650. The number of rotatable bonds is 8. The molecule has 0 radical (unpaired) electrons. The molecule has 0 bridgehead atoms. The number of hydrogen-bond donors (Lipinski definition) is 10. The summed E-state index contributed by atoms with van der Waals surface area (Å²) in [6.45, 7) is 9.22. The van der Waals surface area contributed by atoms with E-state index in [9.17, 15) is 51.1 Å². The first-order valence-electron chi connectivity index (χ1n) is 23.5. The molecule has 0 aromatic heterocycles. The normalized spacial score (nSPS) is 58.1. The van der Waals surface area contributed by atoms with Crippen LogP contribution in [0.5, 0.6) is 0 Å². The minimum absolute atomic E-state index is 0.0732. The topological polar surface area (TPSA) is 276 Å². The van der Waals surface area contributed by atoms with Gasteiger partial charge in [0.25, 0.3) is 0 Å². The Balaban J connectivity index is 0.917. The number of allylic oxidation sites excluding steroid dienone is 1. The van der Waals surface area contributed by atoms with Crippen LogP contribution < -0.4 is 0 Å². The Hall–Kier alpha value is -0.980. The molecule has 18 heteroatoms. The van der Waals surface area contributed by atoms with Crippen LogP contribution in [0.25, 0.3) is 0 Å². The van der Waals surface area contributed by atoms with Crippen molar-refractivity contribution in [1.29, 1.82) is 0 Å². The van der Waals surface area contributed by atoms with Crippen molar-refractivity contribution in [3.05, 3.63) is 11.6 Å². The van der Waals surface area contributed by atoms with Gasteiger partial charge in [0.15, 0.2) is 30.9 Å². The maximum absolute atomic E-state index is 12.0. The predicted octanol–water partition coefficient (Wildman–Crippen LogP) is -0.467. The summed E-state index contributed by atoms with van der Waals surface area (Å²) in [5, 5.41) is 106. The quantitative estimate of drug-likeness (QED) is 0.138. The van der Waals surface area contributed by atoms with Crippen molar-refractivity contribution >= 4 is 0 Å². The van der Waals surface area contributed by atoms with E-state index < -0.39 is 124 Å². The first-order chi connectivity index (χ1) is 29.8. The average molecular weight is 901 g/mol. The molecule has 3 saturated carbocycles. The van der Waals surface area contributed by atoms with Gasteiger partial charge < -0.3 is 89.0 Å². The van der Waals surface area contributed by atoms with Gasteiger partial charge in [0, 0.05) is 18.3 Å². The Morgan fingerprint density at radius 1 is 0.651 bits per heavy atom. The van der Waals surface area contributed by atoms with Gasteiger partial charge in [0.2, 0.25) is 0 Å². The molecule has 9 rings (SSSR count). The molecule has 27 atom stereocenters. The lowest BCUT2D eigenvalue weighted by Gasteiger charge is -2.59. The summed E-state index contributed by atoms with van der Waals surface area (Å²) < 4.78 is 49.5. The van der Waals surface area contributed by atoms with E-state index in [4.69, 9.17) is 37.9 Å². The van der Waals surface area contributed by atoms with Gasteiger partial charge in [-0.3, -0.25) is 0 Å². The van der Waals surface area contributed by atoms with E-state index in [0.29, 0.717) is 36.5 Å². The highest BCUT2D eigenvalue weighted by Gasteiger charge is 2.69. The van der Waals surface area contributed by atoms with Crippen molar-refractivity contribution in [1.82, 2.24) is 0 Å². The second kappa shape index (κ2) is 17.5. The molecule has 10 N–H and O–H groups in total. The molecule has 360 valence electrons. The van der Waals surface area contributed by atoms with Crippen LogP contribution in [-0.2, 0) is 37.9 Å². The monoisotopic (exact) mass is 900 g/mol. The van der Waals surface area contributed by atoms with Gasteiger partial charge in [0.1, 0.15) is 67.1 Å². The predicted molar refractivity (Wildman–Crippen MR) is 215 cm³/mol. The molecule has 63 heavy (non-hydrogen) atoms. The fourth-order valence-corrected chi connectivity index (χ4v) is 14.1. The molecule has 18 nitrogen and oxygen atoms in total. The van der Waals surface area contributed by atoms with Gasteiger partial charge in [-0.15, -0.1) is 0 Å². The molecule has 1 unspecified atom stereocenters. The van der Waals surface area contributed by atoms with Crippen LogP contribution in [0.15, 0.2) is 11.6 Å². The van der Waals surface area contributed by atoms with E-state index in [1.807, 2.05) is 6.92 Å². The average Bonchev–Trinajstić information content (AvgIpc) is 3.70. The van der Waals surface area contributed by atoms with Gasteiger partial charge in [-0.25, -0.2) is 0 Å². The largest absolute Gasteiger partial charge is 0.394 e. The summed E-state index contributed by atoms with van der Waals surface area (Å²) in [6.07, 6.45) is -14.0. The first-order valence-corrected chi connectivity index (χ1v) is 23.5. The lowest BCUT2D eigenvalue weighted by molar-refractivity contribution is -0.389. The van der Waals surface area contributed by atoms with E-state index in [-0.39, 0.29) is 28.8 Å². The van der Waals surface area contributed by atoms with E-state index in [1.54, 1.807) is 0 Å². The van der Waals surface area contributed by atoms with Crippen molar-refractivity contribution in [2.24, 2.45) is 46.3 Å². The summed E-state index contributed by atoms with van der Waals surface area (Å²) in [5.74, 6) is 1.34. The van der Waals surface area contributed by atoms with E-state index in [0.717, 1.165) is 44.9 Å². The van der Waals surface area contributed by atoms with E-state index >= 15 is 0 Å². The third-order valence-corrected chi connectivity index (χ3v) is 17.8. The Kier molecular flexibility index (Phi) is 13.1. The molecular formula is C45H72O18. The Morgan fingerprint density at radius 2 is 1.32 bits per heavy atom. The molecule has 0 amide bonds. The zero-order valence-corrected chi connectivity index (χ0v) is 37.0. The molecule has 4 aliphatic carbocycles. The molecule has 8 fully saturated rings. The number of fused-ring (bicyclic) bond motifs is 7. The van der Waals surface area contributed by atoms with Crippen LogP contribution in [0.4, 0.5) is 0 Å². The van der Waals surface area contributed by atoms with E-state index in [1.165, 1.54) is 12.5 Å². The summed E-state index contributed by atoms with van der Waals surface area (Å²) in [7, 11) is 0. The second-order valence-corrected chi connectivity index (χ2v) is 21.1. The van der Waals surface area contributed by atoms with Crippen LogP contribution in [-0.4, -0.2) is 181 Å². The number of ether oxygens (including phenoxy) is 8. The standard InChI is InChI=1S/C45H72O18/c1-18-8-13-45(63-39(18)55)19(2)29-26(62-45)15-25-23-7-6-21-14-22(9-11-43(21,4)24(23)10-12-44(25,29)5)57-42-38(61-40-34(52)32(50)30(48)20(3)56-40)36(54)37(28(17-47)59-42)60-41-35(53)33(51)31(49)27(16-46)58-41/h6,18-20,22-42,46-55H,7-17H2,1-5H3/t18-,19+,20+,22?,23-,24+,25+,26+,27-,28-,29+,30+,31-,32-,33+,34-,35-,36+,37-,38-,39-,40+,41+,42-,43+,44+,45+/m1/s1. The molecular weight excluding hydrogens is 828 g/mol. The second-order valence-electron chi connectivity index (χ2n) is 21.1. The number of hydrogen-bond acceptors (Lipinski definition) is 18. The lowest BCUT2D eigenvalue weighted by atomic mass is 9.47. The zero-order valence-electron chi connectivity index (χ0n) is 37.0. The van der Waals surface area contributed by atoms with Gasteiger partial charge in [0.05, 0.1) is 31.5 Å². The summed E-state index contributed by atoms with van der Waals surface area (Å²) in [6, 6.07) is 0. The summed E-state index contributed by atoms with van der Waals surface area (Å²) in [5.41, 5.74) is 1.32. The Labute approximate surface area is 368 Å². The fraction of sp³-hybridized carbons (Fsp3) is 0.956. The van der Waals surface area contributed by atoms with E-state index in [2.05, 4.69) is 26.8 Å². The highest BCUT2D eigenvalue weighted by molar-refractivity contribution is 5.26. The smallest absolute Gasteiger partial charge is 0.187 e. The molecule has 0 aromatic rings. The third-order valence-electron chi connectivity index (χ3n) is 17.8. The maximum Gasteiger partial charge on any atom is 0.187 e. The van der Waals surface area contributed by atoms with Crippen molar-refractivity contribution < 1.29 is 89.0 Å². The van der Waals surface area contributed by atoms with Crippen molar-refractivity contribution in [3.63, 3.8) is 0 Å². The van der Waals surface area contributed by atoms with Crippen LogP contribution in [0.1, 0.15) is 92.4 Å². The maximum atomic E-state index is 12.0. The molecule has 5 aliphatic heterocycles. The lowest BCUT2D eigenvalue weighted by Crippen LogP contribution is -2.67. The zero-order chi connectivity index (χ0) is 45.1. The fourth-order valence-electron chi connectivity index (χ4n) is 14.1. The number of aliphatic hydroxyl groups is 10. The first kappa shape index (κ1) is 47.1. The Morgan fingerprint density at radius 3 is 2.02 bits per heavy atom. The van der Waals surface area contributed by atoms with Crippen LogP contribution >= 0.6 is 0 Å². The molecule has 9 aliphatic rings. The van der Waals surface area contributed by atoms with Crippen molar-refractivity contribution in [2.75, 3.05) is 13.2 Å². The van der Waals surface area contributed by atoms with Gasteiger partial charge in [-0.2, -0.15) is 0 Å². The van der Waals surface area contributed by atoms with Crippen LogP contribution in [0.3, 0.4) is 0 Å². The van der Waals surface area contributed by atoms with Crippen molar-refractivity contribution in [2.45, 2.75) is 209 Å². The molecule has 5 heterocycles. The minimum atomic E-state index is -1.83. The molecule has 1 spiro atoms. The van der Waals surface area contributed by atoms with Gasteiger partial charge >= 0.3 is 0 Å². The highest BCUT2D eigenvalue weighted by atomic mass is 16.8. The van der Waals surface area contributed by atoms with Crippen LogP contribution in [0.2, 0.25) is 0 Å². The van der Waals surface area contributed by atoms with Gasteiger partial charge in [-0.05, 0) is 92.8 Å².